The highest BCUT2D eigenvalue weighted by atomic mass is 19.1. The first-order valence-electron chi connectivity index (χ1n) is 7.49. The van der Waals surface area contributed by atoms with Crippen LogP contribution in [-0.4, -0.2) is 31.6 Å². The lowest BCUT2D eigenvalue weighted by molar-refractivity contribution is 0.217. The number of halogens is 1. The first-order chi connectivity index (χ1) is 9.31. The maximum absolute atomic E-state index is 13.4. The topological polar surface area (TPSA) is 15.3 Å². The monoisotopic (exact) mass is 280 g/mol. The minimum atomic E-state index is -0.159. The van der Waals surface area contributed by atoms with Gasteiger partial charge in [-0.1, -0.05) is 39.8 Å². The fourth-order valence-corrected chi connectivity index (χ4v) is 2.59. The molecular weight excluding hydrogens is 251 g/mol. The molecule has 1 aromatic carbocycles. The smallest absolute Gasteiger partial charge is 0.123 e. The van der Waals surface area contributed by atoms with E-state index in [4.69, 9.17) is 0 Å². The first kappa shape index (κ1) is 17.1. The summed E-state index contributed by atoms with van der Waals surface area (Å²) in [6.07, 6.45) is 0.990. The molecule has 0 bridgehead atoms. The van der Waals surface area contributed by atoms with E-state index in [0.29, 0.717) is 5.41 Å². The van der Waals surface area contributed by atoms with Crippen LogP contribution in [0.5, 0.6) is 0 Å². The van der Waals surface area contributed by atoms with Crippen molar-refractivity contribution in [3.8, 4) is 0 Å². The van der Waals surface area contributed by atoms with E-state index in [1.807, 2.05) is 6.07 Å². The lowest BCUT2D eigenvalue weighted by atomic mass is 9.96. The molecular formula is C17H29FN2. The Kier molecular flexibility index (Phi) is 6.63. The second-order valence-corrected chi connectivity index (χ2v) is 6.75. The van der Waals surface area contributed by atoms with E-state index in [-0.39, 0.29) is 11.9 Å². The van der Waals surface area contributed by atoms with Crippen LogP contribution >= 0.6 is 0 Å². The number of nitrogens with zero attached hydrogens (tertiary/aromatic N) is 1. The fraction of sp³-hybridized carbons (Fsp3) is 0.647. The summed E-state index contributed by atoms with van der Waals surface area (Å²) in [4.78, 5) is 2.35. The third-order valence-electron chi connectivity index (χ3n) is 3.25. The summed E-state index contributed by atoms with van der Waals surface area (Å²) in [5, 5.41) is 3.45. The number of hydrogen-bond donors (Lipinski definition) is 1. The normalized spacial score (nSPS) is 13.8. The molecule has 114 valence electrons. The second kappa shape index (κ2) is 7.75. The van der Waals surface area contributed by atoms with Crippen molar-refractivity contribution in [1.29, 1.82) is 0 Å². The van der Waals surface area contributed by atoms with Crippen molar-refractivity contribution >= 4 is 0 Å². The van der Waals surface area contributed by atoms with Gasteiger partial charge in [0.25, 0.3) is 0 Å². The van der Waals surface area contributed by atoms with Crippen LogP contribution in [-0.2, 0) is 0 Å². The number of nitrogens with one attached hydrogen (secondary N) is 1. The van der Waals surface area contributed by atoms with Gasteiger partial charge in [0.15, 0.2) is 0 Å². The van der Waals surface area contributed by atoms with E-state index in [1.54, 1.807) is 12.1 Å². The van der Waals surface area contributed by atoms with Crippen molar-refractivity contribution in [3.05, 3.63) is 35.6 Å². The van der Waals surface area contributed by atoms with E-state index >= 15 is 0 Å². The Morgan fingerprint density at radius 3 is 2.55 bits per heavy atom. The molecule has 0 amide bonds. The highest BCUT2D eigenvalue weighted by Crippen LogP contribution is 2.19. The second-order valence-electron chi connectivity index (χ2n) is 6.75. The number of rotatable bonds is 7. The molecule has 1 rings (SSSR count). The predicted octanol–water partition coefficient (Wildman–Crippen LogP) is 3.84. The van der Waals surface area contributed by atoms with Crippen molar-refractivity contribution in [1.82, 2.24) is 10.2 Å². The van der Waals surface area contributed by atoms with Gasteiger partial charge in [0.2, 0.25) is 0 Å². The van der Waals surface area contributed by atoms with E-state index < -0.39 is 0 Å². The number of hydrogen-bond acceptors (Lipinski definition) is 2. The fourth-order valence-electron chi connectivity index (χ4n) is 2.59. The van der Waals surface area contributed by atoms with Crippen LogP contribution in [0.2, 0.25) is 0 Å². The van der Waals surface area contributed by atoms with Gasteiger partial charge < -0.3 is 10.2 Å². The van der Waals surface area contributed by atoms with Crippen molar-refractivity contribution < 1.29 is 4.39 Å². The third-order valence-corrected chi connectivity index (χ3v) is 3.25. The van der Waals surface area contributed by atoms with Gasteiger partial charge in [0.1, 0.15) is 5.82 Å². The molecule has 0 aliphatic rings. The Balaban J connectivity index is 2.60. The zero-order chi connectivity index (χ0) is 15.2. The minimum absolute atomic E-state index is 0.159. The van der Waals surface area contributed by atoms with Gasteiger partial charge in [-0.05, 0) is 49.7 Å². The Morgan fingerprint density at radius 2 is 2.00 bits per heavy atom. The largest absolute Gasteiger partial charge is 0.310 e. The van der Waals surface area contributed by atoms with Crippen LogP contribution in [0.1, 0.15) is 45.7 Å². The van der Waals surface area contributed by atoms with Crippen molar-refractivity contribution in [2.24, 2.45) is 5.41 Å². The lowest BCUT2D eigenvalue weighted by Gasteiger charge is -2.28. The molecule has 0 aliphatic heterocycles. The average molecular weight is 280 g/mol. The van der Waals surface area contributed by atoms with Crippen molar-refractivity contribution in [2.45, 2.75) is 40.2 Å². The van der Waals surface area contributed by atoms with Crippen molar-refractivity contribution in [2.75, 3.05) is 26.7 Å². The molecule has 1 unspecified atom stereocenters. The molecule has 1 atom stereocenters. The maximum Gasteiger partial charge on any atom is 0.123 e. The highest BCUT2D eigenvalue weighted by Gasteiger charge is 2.16. The van der Waals surface area contributed by atoms with E-state index in [1.165, 1.54) is 6.07 Å². The van der Waals surface area contributed by atoms with Gasteiger partial charge in [-0.25, -0.2) is 4.39 Å². The molecule has 0 saturated carbocycles. The van der Waals surface area contributed by atoms with Gasteiger partial charge in [-0.15, -0.1) is 0 Å². The van der Waals surface area contributed by atoms with E-state index in [9.17, 15) is 4.39 Å². The summed E-state index contributed by atoms with van der Waals surface area (Å²) in [5.74, 6) is -0.159. The zero-order valence-electron chi connectivity index (χ0n) is 13.5. The molecule has 2 nitrogen and oxygen atoms in total. The van der Waals surface area contributed by atoms with Crippen LogP contribution in [0, 0.1) is 11.2 Å². The third kappa shape index (κ3) is 6.49. The Bertz CT molecular complexity index is 398. The van der Waals surface area contributed by atoms with Gasteiger partial charge in [0.05, 0.1) is 0 Å². The molecule has 20 heavy (non-hydrogen) atoms. The van der Waals surface area contributed by atoms with Crippen LogP contribution in [0.4, 0.5) is 4.39 Å². The first-order valence-corrected chi connectivity index (χ1v) is 7.49. The molecule has 1 N–H and O–H groups in total. The van der Waals surface area contributed by atoms with Gasteiger partial charge in [-0.2, -0.15) is 0 Å². The minimum Gasteiger partial charge on any atom is -0.310 e. The summed E-state index contributed by atoms with van der Waals surface area (Å²) in [5.41, 5.74) is 1.34. The molecule has 0 saturated heterocycles. The number of benzene rings is 1. The zero-order valence-corrected chi connectivity index (χ0v) is 13.5. The highest BCUT2D eigenvalue weighted by molar-refractivity contribution is 5.20. The predicted molar refractivity (Wildman–Crippen MR) is 84.4 cm³/mol. The molecule has 0 fully saturated rings. The van der Waals surface area contributed by atoms with Crippen LogP contribution < -0.4 is 5.32 Å². The molecule has 1 aromatic rings. The molecule has 0 radical (unpaired) electrons. The van der Waals surface area contributed by atoms with Crippen LogP contribution in [0.15, 0.2) is 24.3 Å². The van der Waals surface area contributed by atoms with E-state index in [0.717, 1.165) is 31.6 Å². The van der Waals surface area contributed by atoms with Crippen LogP contribution in [0.25, 0.3) is 0 Å². The molecule has 0 spiro atoms. The van der Waals surface area contributed by atoms with Crippen LogP contribution in [0.3, 0.4) is 0 Å². The van der Waals surface area contributed by atoms with Gasteiger partial charge in [-0.3, -0.25) is 0 Å². The van der Waals surface area contributed by atoms with E-state index in [2.05, 4.69) is 45.0 Å². The Labute approximate surface area is 123 Å². The maximum atomic E-state index is 13.4. The summed E-state index contributed by atoms with van der Waals surface area (Å²) < 4.78 is 13.4. The summed E-state index contributed by atoms with van der Waals surface area (Å²) in [7, 11) is 2.15. The summed E-state index contributed by atoms with van der Waals surface area (Å²) in [6.45, 7) is 11.8. The summed E-state index contributed by atoms with van der Waals surface area (Å²) >= 11 is 0. The summed E-state index contributed by atoms with van der Waals surface area (Å²) in [6, 6.07) is 7.14. The lowest BCUT2D eigenvalue weighted by Crippen LogP contribution is -2.32. The quantitative estimate of drug-likeness (QED) is 0.816. The molecule has 0 aromatic heterocycles. The standard InChI is InChI=1S/C17H29FN2/c1-6-19-16(14-8-7-9-15(18)12-14)10-11-20(5)13-17(2,3)4/h7-9,12,16,19H,6,10-11,13H2,1-5H3. The van der Waals surface area contributed by atoms with Crippen molar-refractivity contribution in [3.63, 3.8) is 0 Å². The average Bonchev–Trinajstić information content (AvgIpc) is 2.32. The molecule has 0 heterocycles. The SMILES string of the molecule is CCNC(CCN(C)CC(C)(C)C)c1cccc(F)c1. The Morgan fingerprint density at radius 1 is 1.30 bits per heavy atom. The molecule has 3 heteroatoms. The van der Waals surface area contributed by atoms with Gasteiger partial charge in [0, 0.05) is 12.6 Å². The van der Waals surface area contributed by atoms with Gasteiger partial charge >= 0.3 is 0 Å². The molecule has 0 aliphatic carbocycles. The Hall–Kier alpha value is -0.930.